The first kappa shape index (κ1) is 30.4. The van der Waals surface area contributed by atoms with Crippen molar-refractivity contribution in [2.45, 2.75) is 31.7 Å². The number of carboxylic acid groups (broad SMARTS) is 1. The van der Waals surface area contributed by atoms with E-state index in [1.54, 1.807) is 18.2 Å². The van der Waals surface area contributed by atoms with E-state index in [4.69, 9.17) is 11.6 Å². The Labute approximate surface area is 256 Å². The number of phenols is 1. The minimum atomic E-state index is -1.20. The molecule has 0 unspecified atom stereocenters. The van der Waals surface area contributed by atoms with Crippen molar-refractivity contribution in [1.82, 2.24) is 25.6 Å². The number of aromatic amines is 1. The normalized spacial score (nSPS) is 13.4. The Morgan fingerprint density at radius 2 is 1.86 bits per heavy atom. The first-order valence-corrected chi connectivity index (χ1v) is 14.4. The molecule has 3 amide bonds. The molecule has 1 aliphatic heterocycles. The molecule has 13 nitrogen and oxygen atoms in total. The number of aryl methyl sites for hydroxylation is 1. The van der Waals surface area contributed by atoms with Gasteiger partial charge in [0.2, 0.25) is 5.95 Å². The first-order chi connectivity index (χ1) is 21.2. The zero-order valence-electron chi connectivity index (χ0n) is 23.5. The third kappa shape index (κ3) is 7.13. The summed E-state index contributed by atoms with van der Waals surface area (Å²) in [6.07, 6.45) is 2.65. The number of H-pyrrole nitrogens is 1. The number of nitrogens with one attached hydrogen (secondary N) is 4. The quantitative estimate of drug-likeness (QED) is 0.152. The molecule has 1 fully saturated rings. The molecule has 0 radical (unpaired) electrons. The van der Waals surface area contributed by atoms with Crippen LogP contribution in [0.3, 0.4) is 0 Å². The van der Waals surface area contributed by atoms with E-state index in [1.165, 1.54) is 30.5 Å². The van der Waals surface area contributed by atoms with Crippen molar-refractivity contribution >= 4 is 52.2 Å². The molecule has 0 aliphatic carbocycles. The zero-order chi connectivity index (χ0) is 31.2. The van der Waals surface area contributed by atoms with Crippen molar-refractivity contribution in [3.8, 4) is 5.75 Å². The number of aromatic hydroxyl groups is 1. The van der Waals surface area contributed by atoms with Crippen molar-refractivity contribution in [2.75, 3.05) is 29.9 Å². The number of fused-ring (bicyclic) bond motifs is 1. The largest absolute Gasteiger partial charge is 0.508 e. The predicted molar refractivity (Wildman–Crippen MR) is 165 cm³/mol. The number of phenolic OH excluding ortho intramolecular Hbond substituents is 1. The summed E-state index contributed by atoms with van der Waals surface area (Å²) in [6, 6.07) is 12.3. The van der Waals surface area contributed by atoms with E-state index in [2.05, 4.69) is 30.9 Å². The average molecular weight is 620 g/mol. The third-order valence-corrected chi connectivity index (χ3v) is 7.57. The van der Waals surface area contributed by atoms with Gasteiger partial charge in [0.1, 0.15) is 17.0 Å². The van der Waals surface area contributed by atoms with Crippen LogP contribution in [-0.2, 0) is 6.42 Å². The van der Waals surface area contributed by atoms with Gasteiger partial charge >= 0.3 is 6.09 Å². The van der Waals surface area contributed by atoms with Crippen molar-refractivity contribution in [3.05, 3.63) is 86.8 Å². The molecule has 0 bridgehead atoms. The summed E-state index contributed by atoms with van der Waals surface area (Å²) >= 11 is 6.28. The molecule has 44 heavy (non-hydrogen) atoms. The molecule has 14 heteroatoms. The fourth-order valence-electron chi connectivity index (χ4n) is 5.00. The van der Waals surface area contributed by atoms with Gasteiger partial charge in [0, 0.05) is 29.7 Å². The van der Waals surface area contributed by atoms with Gasteiger partial charge in [-0.2, -0.15) is 4.98 Å². The highest BCUT2D eigenvalue weighted by molar-refractivity contribution is 6.34. The predicted octanol–water partition coefficient (Wildman–Crippen LogP) is 3.53. The van der Waals surface area contributed by atoms with Gasteiger partial charge < -0.3 is 31.1 Å². The Morgan fingerprint density at radius 3 is 2.61 bits per heavy atom. The second kappa shape index (κ2) is 13.5. The molecule has 6 N–H and O–H groups in total. The van der Waals surface area contributed by atoms with Crippen LogP contribution in [0.4, 0.5) is 16.4 Å². The molecule has 5 rings (SSSR count). The maximum Gasteiger partial charge on any atom is 0.414 e. The maximum atomic E-state index is 13.1. The second-order valence-electron chi connectivity index (χ2n) is 10.3. The lowest BCUT2D eigenvalue weighted by Crippen LogP contribution is -2.46. The number of hydrogen-bond acceptors (Lipinski definition) is 8. The van der Waals surface area contributed by atoms with E-state index in [9.17, 15) is 29.4 Å². The average Bonchev–Trinajstić information content (AvgIpc) is 3.00. The molecular formula is C30H30ClN7O6. The van der Waals surface area contributed by atoms with Crippen molar-refractivity contribution in [3.63, 3.8) is 0 Å². The number of amides is 3. The highest BCUT2D eigenvalue weighted by Gasteiger charge is 2.29. The van der Waals surface area contributed by atoms with E-state index in [0.29, 0.717) is 50.7 Å². The molecular weight excluding hydrogens is 590 g/mol. The molecule has 0 atom stereocenters. The van der Waals surface area contributed by atoms with Crippen LogP contribution >= 0.6 is 11.6 Å². The lowest BCUT2D eigenvalue weighted by molar-refractivity contribution is 0.0951. The highest BCUT2D eigenvalue weighted by atomic mass is 35.5. The van der Waals surface area contributed by atoms with Crippen LogP contribution in [0.5, 0.6) is 5.75 Å². The molecule has 2 aromatic heterocycles. The summed E-state index contributed by atoms with van der Waals surface area (Å²) in [4.78, 5) is 62.8. The summed E-state index contributed by atoms with van der Waals surface area (Å²) < 4.78 is 0. The van der Waals surface area contributed by atoms with Crippen LogP contribution in [0.1, 0.15) is 45.5 Å². The minimum absolute atomic E-state index is 0.0639. The molecule has 4 aromatic rings. The Kier molecular flexibility index (Phi) is 9.36. The fraction of sp³-hybridized carbons (Fsp3) is 0.267. The fourth-order valence-corrected chi connectivity index (χ4v) is 5.16. The number of aromatic nitrogens is 3. The Hall–Kier alpha value is -5.01. The summed E-state index contributed by atoms with van der Waals surface area (Å²) in [7, 11) is 0. The second-order valence-corrected chi connectivity index (χ2v) is 10.7. The summed E-state index contributed by atoms with van der Waals surface area (Å²) in [5.41, 5.74) is 0.421. The monoisotopic (exact) mass is 619 g/mol. The number of halogens is 1. The van der Waals surface area contributed by atoms with Crippen LogP contribution in [0, 0.1) is 0 Å². The van der Waals surface area contributed by atoms with E-state index < -0.39 is 17.6 Å². The zero-order valence-corrected chi connectivity index (χ0v) is 24.2. The van der Waals surface area contributed by atoms with Crippen LogP contribution in [0.25, 0.3) is 11.0 Å². The van der Waals surface area contributed by atoms with Crippen LogP contribution in [0.2, 0.25) is 5.02 Å². The standard InChI is InChI=1S/C30H30ClN7O6/c31-23-7-6-18(26(40)33-10-2-4-17-3-1-5-21(39)13-17)15-24(23)35-27(41)22-14-19-16-34-29(37-25(19)36-28(22)42)38(30(43)44)20-8-11-32-12-9-20/h1,3,5-7,13-16,20,32,39H,2,4,8-12H2,(H,33,40)(H,35,41)(H,43,44)(H,34,36,37,42). The number of nitrogens with zero attached hydrogens (tertiary/aromatic N) is 3. The number of piperidine rings is 1. The van der Waals surface area contributed by atoms with Gasteiger partial charge in [0.15, 0.2) is 0 Å². The van der Waals surface area contributed by atoms with Crippen LogP contribution in [0.15, 0.2) is 59.5 Å². The van der Waals surface area contributed by atoms with E-state index in [0.717, 1.165) is 10.5 Å². The lowest BCUT2D eigenvalue weighted by atomic mass is 10.1. The van der Waals surface area contributed by atoms with Gasteiger partial charge in [-0.05, 0) is 80.7 Å². The number of hydrogen-bond donors (Lipinski definition) is 6. The van der Waals surface area contributed by atoms with E-state index in [1.807, 2.05) is 6.07 Å². The van der Waals surface area contributed by atoms with Crippen molar-refractivity contribution in [2.24, 2.45) is 0 Å². The summed E-state index contributed by atoms with van der Waals surface area (Å²) in [6.45, 7) is 1.71. The molecule has 0 saturated carbocycles. The number of anilines is 2. The van der Waals surface area contributed by atoms with Gasteiger partial charge in [-0.1, -0.05) is 23.7 Å². The van der Waals surface area contributed by atoms with Gasteiger partial charge in [-0.3, -0.25) is 14.4 Å². The lowest BCUT2D eigenvalue weighted by Gasteiger charge is -2.30. The molecule has 228 valence electrons. The van der Waals surface area contributed by atoms with Gasteiger partial charge in [-0.25, -0.2) is 14.7 Å². The number of carbonyl (C=O) groups excluding carboxylic acids is 2. The minimum Gasteiger partial charge on any atom is -0.508 e. The van der Waals surface area contributed by atoms with Crippen molar-refractivity contribution in [1.29, 1.82) is 0 Å². The van der Waals surface area contributed by atoms with E-state index >= 15 is 0 Å². The summed E-state index contributed by atoms with van der Waals surface area (Å²) in [5, 5.41) is 28.4. The SMILES string of the molecule is O=C(NCCCc1cccc(O)c1)c1ccc(Cl)c(NC(=O)c2cc3cnc(N(C(=O)O)C4CCNCC4)nc3[nH]c2=O)c1. The third-order valence-electron chi connectivity index (χ3n) is 7.24. The Morgan fingerprint density at radius 1 is 1.07 bits per heavy atom. The molecule has 2 aromatic carbocycles. The highest BCUT2D eigenvalue weighted by Crippen LogP contribution is 2.25. The number of pyridine rings is 1. The van der Waals surface area contributed by atoms with E-state index in [-0.39, 0.29) is 51.1 Å². The molecule has 3 heterocycles. The smallest absolute Gasteiger partial charge is 0.414 e. The molecule has 1 saturated heterocycles. The molecule has 0 spiro atoms. The first-order valence-electron chi connectivity index (χ1n) is 14.0. The molecule has 1 aliphatic rings. The van der Waals surface area contributed by atoms with Crippen LogP contribution in [-0.4, -0.2) is 68.7 Å². The van der Waals surface area contributed by atoms with Gasteiger partial charge in [0.05, 0.1) is 10.7 Å². The van der Waals surface area contributed by atoms with Crippen molar-refractivity contribution < 1.29 is 24.6 Å². The van der Waals surface area contributed by atoms with Crippen LogP contribution < -0.4 is 26.4 Å². The number of carbonyl (C=O) groups is 3. The number of rotatable bonds is 9. The van der Waals surface area contributed by atoms with Gasteiger partial charge in [-0.15, -0.1) is 0 Å². The summed E-state index contributed by atoms with van der Waals surface area (Å²) in [5.74, 6) is -1.02. The Bertz CT molecular complexity index is 1770. The topological polar surface area (TPSA) is 190 Å². The number of benzene rings is 2. The Balaban J connectivity index is 1.27. The van der Waals surface area contributed by atoms with Gasteiger partial charge in [0.25, 0.3) is 17.4 Å². The maximum absolute atomic E-state index is 13.1.